The predicted molar refractivity (Wildman–Crippen MR) is 96.2 cm³/mol. The molecule has 0 heterocycles. The fourth-order valence-corrected chi connectivity index (χ4v) is 2.83. The average molecular weight is 313 g/mol. The smallest absolute Gasteiger partial charge is 0.0747 e. The number of anilines is 1. The van der Waals surface area contributed by atoms with Crippen LogP contribution in [0.15, 0.2) is 42.5 Å². The first-order chi connectivity index (χ1) is 11.1. The summed E-state index contributed by atoms with van der Waals surface area (Å²) in [6.07, 6.45) is 0. The lowest BCUT2D eigenvalue weighted by atomic mass is 10.0. The second kappa shape index (κ2) is 8.70. The van der Waals surface area contributed by atoms with E-state index in [4.69, 9.17) is 9.47 Å². The van der Waals surface area contributed by atoms with Crippen molar-refractivity contribution in [2.45, 2.75) is 26.8 Å². The van der Waals surface area contributed by atoms with Gasteiger partial charge in [-0.1, -0.05) is 48.0 Å². The first kappa shape index (κ1) is 17.5. The maximum absolute atomic E-state index is 5.78. The molecule has 0 aliphatic heterocycles. The molecule has 124 valence electrons. The van der Waals surface area contributed by atoms with Crippen molar-refractivity contribution in [2.24, 2.45) is 0 Å². The van der Waals surface area contributed by atoms with Crippen molar-refractivity contribution < 1.29 is 9.47 Å². The molecule has 3 heteroatoms. The summed E-state index contributed by atoms with van der Waals surface area (Å²) in [7, 11) is 1.69. The summed E-state index contributed by atoms with van der Waals surface area (Å²) in [6, 6.07) is 15.0. The summed E-state index contributed by atoms with van der Waals surface area (Å²) in [5.74, 6) is 0. The number of benzene rings is 2. The molecular formula is C20H27NO2. The summed E-state index contributed by atoms with van der Waals surface area (Å²) < 4.78 is 10.8. The number of hydrogen-bond donors (Lipinski definition) is 1. The Labute approximate surface area is 139 Å². The molecular weight excluding hydrogens is 286 g/mol. The minimum atomic E-state index is 0.119. The minimum Gasteiger partial charge on any atom is -0.382 e. The van der Waals surface area contributed by atoms with Crippen LogP contribution in [-0.2, 0) is 9.47 Å². The van der Waals surface area contributed by atoms with Crippen LogP contribution in [0.1, 0.15) is 28.3 Å². The number of hydrogen-bond acceptors (Lipinski definition) is 3. The van der Waals surface area contributed by atoms with Gasteiger partial charge in [-0.25, -0.2) is 0 Å². The highest BCUT2D eigenvalue weighted by molar-refractivity contribution is 5.59. The van der Waals surface area contributed by atoms with Crippen molar-refractivity contribution >= 4 is 5.69 Å². The second-order valence-corrected chi connectivity index (χ2v) is 5.95. The Hall–Kier alpha value is -1.84. The topological polar surface area (TPSA) is 30.5 Å². The van der Waals surface area contributed by atoms with Gasteiger partial charge < -0.3 is 14.8 Å². The van der Waals surface area contributed by atoms with Gasteiger partial charge in [0.2, 0.25) is 0 Å². The molecule has 0 amide bonds. The number of methoxy groups -OCH3 is 1. The lowest BCUT2D eigenvalue weighted by molar-refractivity contribution is 0.0658. The average Bonchev–Trinajstić information content (AvgIpc) is 2.53. The van der Waals surface area contributed by atoms with Crippen LogP contribution in [0.4, 0.5) is 5.69 Å². The Morgan fingerprint density at radius 1 is 0.957 bits per heavy atom. The molecule has 0 fully saturated rings. The summed E-state index contributed by atoms with van der Waals surface area (Å²) in [6.45, 7) is 8.26. The van der Waals surface area contributed by atoms with Crippen LogP contribution >= 0.6 is 0 Å². The molecule has 0 aromatic heterocycles. The highest BCUT2D eigenvalue weighted by Crippen LogP contribution is 2.27. The van der Waals surface area contributed by atoms with Gasteiger partial charge in [-0.3, -0.25) is 0 Å². The van der Waals surface area contributed by atoms with Gasteiger partial charge in [-0.15, -0.1) is 0 Å². The molecule has 0 saturated carbocycles. The standard InChI is InChI=1S/C20H27NO2/c1-15-12-16(2)20(17(3)13-15)21-19(14-23-11-10-22-4)18-8-6-5-7-9-18/h5-9,12-13,19,21H,10-11,14H2,1-4H3. The van der Waals surface area contributed by atoms with E-state index < -0.39 is 0 Å². The van der Waals surface area contributed by atoms with Gasteiger partial charge in [0.15, 0.2) is 0 Å². The number of rotatable bonds is 8. The van der Waals surface area contributed by atoms with Crippen LogP contribution in [0.5, 0.6) is 0 Å². The molecule has 2 aromatic rings. The highest BCUT2D eigenvalue weighted by atomic mass is 16.5. The van der Waals surface area contributed by atoms with Crippen LogP contribution in [0.3, 0.4) is 0 Å². The lowest BCUT2D eigenvalue weighted by Crippen LogP contribution is -2.19. The maximum atomic E-state index is 5.78. The fourth-order valence-electron chi connectivity index (χ4n) is 2.83. The summed E-state index contributed by atoms with van der Waals surface area (Å²) in [5.41, 5.74) is 6.24. The molecule has 0 spiro atoms. The molecule has 1 N–H and O–H groups in total. The zero-order valence-electron chi connectivity index (χ0n) is 14.6. The van der Waals surface area contributed by atoms with Crippen LogP contribution in [0.25, 0.3) is 0 Å². The Morgan fingerprint density at radius 3 is 2.22 bits per heavy atom. The largest absolute Gasteiger partial charge is 0.382 e. The molecule has 3 nitrogen and oxygen atoms in total. The highest BCUT2D eigenvalue weighted by Gasteiger charge is 2.14. The summed E-state index contributed by atoms with van der Waals surface area (Å²) in [5, 5.41) is 3.67. The van der Waals surface area contributed by atoms with Crippen LogP contribution in [0.2, 0.25) is 0 Å². The van der Waals surface area contributed by atoms with Crippen molar-refractivity contribution in [2.75, 3.05) is 32.2 Å². The van der Waals surface area contributed by atoms with E-state index >= 15 is 0 Å². The van der Waals surface area contributed by atoms with Gasteiger partial charge in [0.1, 0.15) is 0 Å². The molecule has 2 rings (SSSR count). The van der Waals surface area contributed by atoms with E-state index in [0.717, 1.165) is 0 Å². The van der Waals surface area contributed by atoms with Crippen LogP contribution < -0.4 is 5.32 Å². The van der Waals surface area contributed by atoms with E-state index in [1.807, 2.05) is 6.07 Å². The van der Waals surface area contributed by atoms with Gasteiger partial charge in [0.05, 0.1) is 25.9 Å². The van der Waals surface area contributed by atoms with Crippen molar-refractivity contribution in [1.29, 1.82) is 0 Å². The van der Waals surface area contributed by atoms with Gasteiger partial charge >= 0.3 is 0 Å². The molecule has 0 aliphatic rings. The Morgan fingerprint density at radius 2 is 1.61 bits per heavy atom. The second-order valence-electron chi connectivity index (χ2n) is 5.95. The molecule has 0 aliphatic carbocycles. The zero-order valence-corrected chi connectivity index (χ0v) is 14.6. The van der Waals surface area contributed by atoms with E-state index in [9.17, 15) is 0 Å². The first-order valence-electron chi connectivity index (χ1n) is 8.08. The lowest BCUT2D eigenvalue weighted by Gasteiger charge is -2.23. The monoisotopic (exact) mass is 313 g/mol. The van der Waals surface area contributed by atoms with E-state index in [-0.39, 0.29) is 6.04 Å². The molecule has 0 bridgehead atoms. The summed E-state index contributed by atoms with van der Waals surface area (Å²) in [4.78, 5) is 0. The minimum absolute atomic E-state index is 0.119. The quantitative estimate of drug-likeness (QED) is 0.731. The molecule has 1 atom stereocenters. The normalized spacial score (nSPS) is 12.2. The first-order valence-corrected chi connectivity index (χ1v) is 8.08. The van der Waals surface area contributed by atoms with Crippen LogP contribution in [0, 0.1) is 20.8 Å². The Bertz CT molecular complexity index is 587. The van der Waals surface area contributed by atoms with E-state index in [2.05, 4.69) is 62.5 Å². The fraction of sp³-hybridized carbons (Fsp3) is 0.400. The van der Waals surface area contributed by atoms with Crippen molar-refractivity contribution in [3.63, 3.8) is 0 Å². The Kier molecular flexibility index (Phi) is 6.63. The van der Waals surface area contributed by atoms with Crippen LogP contribution in [-0.4, -0.2) is 26.9 Å². The molecule has 1 unspecified atom stereocenters. The number of nitrogens with one attached hydrogen (secondary N) is 1. The molecule has 2 aromatic carbocycles. The van der Waals surface area contributed by atoms with Gasteiger partial charge in [-0.2, -0.15) is 0 Å². The van der Waals surface area contributed by atoms with Gasteiger partial charge in [0, 0.05) is 12.8 Å². The predicted octanol–water partition coefficient (Wildman–Crippen LogP) is 4.43. The third kappa shape index (κ3) is 5.08. The Balaban J connectivity index is 2.17. The molecule has 23 heavy (non-hydrogen) atoms. The van der Waals surface area contributed by atoms with Crippen molar-refractivity contribution in [3.05, 3.63) is 64.7 Å². The van der Waals surface area contributed by atoms with Crippen molar-refractivity contribution in [1.82, 2.24) is 0 Å². The molecule has 0 saturated heterocycles. The number of ether oxygens (including phenoxy) is 2. The van der Waals surface area contributed by atoms with E-state index in [0.29, 0.717) is 19.8 Å². The molecule has 0 radical (unpaired) electrons. The maximum Gasteiger partial charge on any atom is 0.0747 e. The SMILES string of the molecule is COCCOCC(Nc1c(C)cc(C)cc1C)c1ccccc1. The van der Waals surface area contributed by atoms with Gasteiger partial charge in [0.25, 0.3) is 0 Å². The third-order valence-corrected chi connectivity index (χ3v) is 3.91. The van der Waals surface area contributed by atoms with E-state index in [1.165, 1.54) is 27.9 Å². The number of aryl methyl sites for hydroxylation is 3. The zero-order chi connectivity index (χ0) is 16.7. The van der Waals surface area contributed by atoms with Crippen molar-refractivity contribution in [3.8, 4) is 0 Å². The third-order valence-electron chi connectivity index (χ3n) is 3.91. The summed E-state index contributed by atoms with van der Waals surface area (Å²) >= 11 is 0. The van der Waals surface area contributed by atoms with Gasteiger partial charge in [-0.05, 0) is 37.5 Å². The van der Waals surface area contributed by atoms with E-state index in [1.54, 1.807) is 7.11 Å².